The van der Waals surface area contributed by atoms with Crippen LogP contribution < -0.4 is 0 Å². The third-order valence-electron chi connectivity index (χ3n) is 2.09. The zero-order valence-corrected chi connectivity index (χ0v) is 10.5. The van der Waals surface area contributed by atoms with E-state index in [2.05, 4.69) is 4.98 Å². The average Bonchev–Trinajstić information content (AvgIpc) is 2.70. The third-order valence-corrected chi connectivity index (χ3v) is 3.62. The maximum absolute atomic E-state index is 12.8. The van der Waals surface area contributed by atoms with Crippen LogP contribution in [0.2, 0.25) is 5.02 Å². The molecule has 0 atom stereocenters. The maximum Gasteiger partial charge on any atom is 0.124 e. The van der Waals surface area contributed by atoms with Crippen LogP contribution in [0.5, 0.6) is 0 Å². The second kappa shape index (κ2) is 5.13. The minimum atomic E-state index is -0.325. The van der Waals surface area contributed by atoms with E-state index < -0.39 is 0 Å². The van der Waals surface area contributed by atoms with Gasteiger partial charge in [-0.05, 0) is 17.7 Å². The highest BCUT2D eigenvalue weighted by atomic mass is 35.5. The van der Waals surface area contributed by atoms with Gasteiger partial charge in [0.15, 0.2) is 0 Å². The van der Waals surface area contributed by atoms with Gasteiger partial charge in [0.2, 0.25) is 0 Å². The minimum absolute atomic E-state index is 0.325. The van der Waals surface area contributed by atoms with Gasteiger partial charge in [0, 0.05) is 16.8 Å². The summed E-state index contributed by atoms with van der Waals surface area (Å²) in [4.78, 5) is 4.32. The molecule has 0 N–H and O–H groups in total. The van der Waals surface area contributed by atoms with E-state index in [0.29, 0.717) is 17.3 Å². The molecular formula is C11H8Cl2FNS. The summed E-state index contributed by atoms with van der Waals surface area (Å²) in [6.45, 7) is 0. The van der Waals surface area contributed by atoms with Crippen molar-refractivity contribution in [2.75, 3.05) is 0 Å². The Morgan fingerprint density at radius 3 is 2.81 bits per heavy atom. The number of hydrogen-bond donors (Lipinski definition) is 0. The fourth-order valence-corrected chi connectivity index (χ4v) is 2.60. The van der Waals surface area contributed by atoms with E-state index in [9.17, 15) is 4.39 Å². The van der Waals surface area contributed by atoms with Crippen LogP contribution in [0.1, 0.15) is 16.3 Å². The zero-order chi connectivity index (χ0) is 11.5. The van der Waals surface area contributed by atoms with Gasteiger partial charge in [0.05, 0.1) is 16.6 Å². The number of alkyl halides is 1. The molecule has 2 aromatic rings. The second-order valence-corrected chi connectivity index (χ2v) is 4.90. The molecule has 0 saturated carbocycles. The molecule has 5 heteroatoms. The Hall–Kier alpha value is -0.640. The quantitative estimate of drug-likeness (QED) is 0.763. The Bertz CT molecular complexity index is 498. The van der Waals surface area contributed by atoms with Crippen molar-refractivity contribution in [2.24, 2.45) is 0 Å². The van der Waals surface area contributed by atoms with Crippen LogP contribution in [0, 0.1) is 5.82 Å². The first-order valence-electron chi connectivity index (χ1n) is 4.62. The number of halogens is 3. The van der Waals surface area contributed by atoms with Crippen molar-refractivity contribution in [1.29, 1.82) is 0 Å². The summed E-state index contributed by atoms with van der Waals surface area (Å²) in [6.07, 6.45) is 0.612. The lowest BCUT2D eigenvalue weighted by molar-refractivity contribution is 0.627. The molecule has 0 saturated heterocycles. The van der Waals surface area contributed by atoms with E-state index in [-0.39, 0.29) is 5.82 Å². The number of rotatable bonds is 3. The second-order valence-electron chi connectivity index (χ2n) is 3.28. The van der Waals surface area contributed by atoms with Crippen LogP contribution in [0.15, 0.2) is 23.6 Å². The van der Waals surface area contributed by atoms with Crippen LogP contribution in [0.4, 0.5) is 4.39 Å². The lowest BCUT2D eigenvalue weighted by atomic mass is 10.1. The minimum Gasteiger partial charge on any atom is -0.245 e. The summed E-state index contributed by atoms with van der Waals surface area (Å²) < 4.78 is 12.8. The Morgan fingerprint density at radius 1 is 1.38 bits per heavy atom. The summed E-state index contributed by atoms with van der Waals surface area (Å²) >= 11 is 13.1. The van der Waals surface area contributed by atoms with Gasteiger partial charge in [-0.25, -0.2) is 9.37 Å². The van der Waals surface area contributed by atoms with Crippen LogP contribution in [0.3, 0.4) is 0 Å². The van der Waals surface area contributed by atoms with E-state index in [1.54, 1.807) is 6.07 Å². The molecule has 0 amide bonds. The van der Waals surface area contributed by atoms with Gasteiger partial charge in [0.25, 0.3) is 0 Å². The molecule has 0 aliphatic carbocycles. The average molecular weight is 276 g/mol. The Kier molecular flexibility index (Phi) is 3.79. The molecular weight excluding hydrogens is 268 g/mol. The normalized spacial score (nSPS) is 10.7. The van der Waals surface area contributed by atoms with Gasteiger partial charge >= 0.3 is 0 Å². The van der Waals surface area contributed by atoms with Crippen molar-refractivity contribution in [3.8, 4) is 0 Å². The van der Waals surface area contributed by atoms with Gasteiger partial charge < -0.3 is 0 Å². The van der Waals surface area contributed by atoms with E-state index in [0.717, 1.165) is 16.3 Å². The first kappa shape index (κ1) is 11.8. The molecule has 84 valence electrons. The van der Waals surface area contributed by atoms with Crippen LogP contribution in [0.25, 0.3) is 0 Å². The monoisotopic (exact) mass is 275 g/mol. The predicted molar refractivity (Wildman–Crippen MR) is 65.9 cm³/mol. The fraction of sp³-hybridized carbons (Fsp3) is 0.182. The molecule has 0 radical (unpaired) electrons. The maximum atomic E-state index is 12.8. The molecule has 0 spiro atoms. The number of aromatic nitrogens is 1. The number of hydrogen-bond acceptors (Lipinski definition) is 2. The Morgan fingerprint density at radius 2 is 2.19 bits per heavy atom. The van der Waals surface area contributed by atoms with Crippen LogP contribution >= 0.6 is 34.5 Å². The molecule has 0 bridgehead atoms. The summed E-state index contributed by atoms with van der Waals surface area (Å²) in [5.41, 5.74) is 1.73. The Labute approximate surface area is 107 Å². The van der Waals surface area contributed by atoms with E-state index in [4.69, 9.17) is 23.2 Å². The van der Waals surface area contributed by atoms with Gasteiger partial charge in [-0.3, -0.25) is 0 Å². The Balaban J connectivity index is 2.20. The third kappa shape index (κ3) is 2.73. The first-order valence-corrected chi connectivity index (χ1v) is 6.41. The zero-order valence-electron chi connectivity index (χ0n) is 8.21. The summed E-state index contributed by atoms with van der Waals surface area (Å²) in [7, 11) is 0. The lowest BCUT2D eigenvalue weighted by Gasteiger charge is -2.01. The summed E-state index contributed by atoms with van der Waals surface area (Å²) in [6, 6.07) is 4.39. The van der Waals surface area contributed by atoms with Crippen molar-refractivity contribution >= 4 is 34.5 Å². The molecule has 2 rings (SSSR count). The van der Waals surface area contributed by atoms with Crippen LogP contribution in [-0.4, -0.2) is 4.98 Å². The van der Waals surface area contributed by atoms with Crippen molar-refractivity contribution < 1.29 is 4.39 Å². The van der Waals surface area contributed by atoms with Crippen molar-refractivity contribution in [1.82, 2.24) is 4.98 Å². The molecule has 0 aliphatic heterocycles. The predicted octanol–water partition coefficient (Wildman–Crippen LogP) is 4.27. The molecule has 0 fully saturated rings. The van der Waals surface area contributed by atoms with Gasteiger partial charge in [-0.2, -0.15) is 0 Å². The highest BCUT2D eigenvalue weighted by Gasteiger charge is 2.06. The molecule has 0 aliphatic rings. The molecule has 1 heterocycles. The first-order chi connectivity index (χ1) is 7.69. The number of thiazole rings is 1. The topological polar surface area (TPSA) is 12.9 Å². The highest BCUT2D eigenvalue weighted by Crippen LogP contribution is 2.22. The lowest BCUT2D eigenvalue weighted by Crippen LogP contribution is -1.90. The van der Waals surface area contributed by atoms with Gasteiger partial charge in [0.1, 0.15) is 5.82 Å². The van der Waals surface area contributed by atoms with Crippen LogP contribution in [-0.2, 0) is 12.3 Å². The fourth-order valence-electron chi connectivity index (χ4n) is 1.32. The van der Waals surface area contributed by atoms with Gasteiger partial charge in [-0.1, -0.05) is 17.7 Å². The van der Waals surface area contributed by atoms with Gasteiger partial charge in [-0.15, -0.1) is 22.9 Å². The van der Waals surface area contributed by atoms with Crippen molar-refractivity contribution in [3.05, 3.63) is 50.7 Å². The smallest absolute Gasteiger partial charge is 0.124 e. The van der Waals surface area contributed by atoms with E-state index in [1.165, 1.54) is 23.5 Å². The standard InChI is InChI=1S/C11H8Cl2FNS/c12-5-9-6-16-11(15-9)3-7-1-2-8(14)4-10(7)13/h1-2,4,6H,3,5H2. The van der Waals surface area contributed by atoms with Crippen molar-refractivity contribution in [3.63, 3.8) is 0 Å². The summed E-state index contributed by atoms with van der Waals surface area (Å²) in [5.74, 6) is 0.0857. The van der Waals surface area contributed by atoms with E-state index >= 15 is 0 Å². The molecule has 16 heavy (non-hydrogen) atoms. The van der Waals surface area contributed by atoms with E-state index in [1.807, 2.05) is 5.38 Å². The molecule has 1 nitrogen and oxygen atoms in total. The molecule has 1 aromatic carbocycles. The largest absolute Gasteiger partial charge is 0.245 e. The molecule has 0 unspecified atom stereocenters. The summed E-state index contributed by atoms with van der Waals surface area (Å²) in [5, 5.41) is 3.28. The van der Waals surface area contributed by atoms with Crippen molar-refractivity contribution in [2.45, 2.75) is 12.3 Å². The highest BCUT2D eigenvalue weighted by molar-refractivity contribution is 7.09. The number of nitrogens with zero attached hydrogens (tertiary/aromatic N) is 1. The SMILES string of the molecule is Fc1ccc(Cc2nc(CCl)cs2)c(Cl)c1. The number of benzene rings is 1. The molecule has 1 aromatic heterocycles.